The zero-order chi connectivity index (χ0) is 13.0. The molecule has 0 saturated carbocycles. The van der Waals surface area contributed by atoms with Gasteiger partial charge in [-0.15, -0.1) is 0 Å². The second kappa shape index (κ2) is 3.43. The molecular weight excluding hydrogens is 226 g/mol. The van der Waals surface area contributed by atoms with Crippen molar-refractivity contribution in [3.63, 3.8) is 0 Å². The van der Waals surface area contributed by atoms with E-state index in [1.165, 1.54) is 18.9 Å². The first-order valence-electron chi connectivity index (χ1n) is 5.48. The van der Waals surface area contributed by atoms with E-state index in [1.807, 2.05) is 0 Å². The van der Waals surface area contributed by atoms with Crippen molar-refractivity contribution in [2.24, 2.45) is 0 Å². The Kier molecular flexibility index (Phi) is 2.48. The molecule has 2 rings (SSSR count). The van der Waals surface area contributed by atoms with Gasteiger partial charge in [0, 0.05) is 6.92 Å². The molecule has 0 aromatic carbocycles. The average Bonchev–Trinajstić information content (AvgIpc) is 2.44. The molecule has 0 aliphatic carbocycles. The summed E-state index contributed by atoms with van der Waals surface area (Å²) in [6, 6.07) is -0.428. The number of carbonyl (C=O) groups is 2. The maximum Gasteiger partial charge on any atom is 0.340 e. The minimum atomic E-state index is -1.14. The lowest BCUT2D eigenvalue weighted by atomic mass is 9.88. The molecule has 2 heterocycles. The second-order valence-electron chi connectivity index (χ2n) is 4.98. The molecule has 6 nitrogen and oxygen atoms in total. The smallest absolute Gasteiger partial charge is 0.340 e. The van der Waals surface area contributed by atoms with Gasteiger partial charge in [-0.2, -0.15) is 0 Å². The first-order chi connectivity index (χ1) is 7.74. The zero-order valence-corrected chi connectivity index (χ0v) is 10.6. The third-order valence-corrected chi connectivity index (χ3v) is 3.38. The van der Waals surface area contributed by atoms with Crippen LogP contribution in [0, 0.1) is 0 Å². The number of hydrogen-bond donors (Lipinski definition) is 0. The summed E-state index contributed by atoms with van der Waals surface area (Å²) in [4.78, 5) is 24.9. The van der Waals surface area contributed by atoms with E-state index < -0.39 is 29.6 Å². The van der Waals surface area contributed by atoms with Crippen molar-refractivity contribution in [1.82, 2.24) is 4.90 Å². The predicted molar refractivity (Wildman–Crippen MR) is 56.8 cm³/mol. The van der Waals surface area contributed by atoms with E-state index in [2.05, 4.69) is 0 Å². The molecule has 0 spiro atoms. The van der Waals surface area contributed by atoms with Crippen LogP contribution in [0.25, 0.3) is 0 Å². The van der Waals surface area contributed by atoms with Gasteiger partial charge in [-0.3, -0.25) is 4.79 Å². The number of amides is 1. The average molecular weight is 243 g/mol. The number of carbonyl (C=O) groups excluding carboxylic acids is 2. The fraction of sp³-hybridized carbons (Fsp3) is 0.818. The van der Waals surface area contributed by atoms with E-state index in [1.54, 1.807) is 20.8 Å². The molecule has 2 saturated heterocycles. The van der Waals surface area contributed by atoms with E-state index >= 15 is 0 Å². The van der Waals surface area contributed by atoms with Crippen LogP contribution in [-0.4, -0.2) is 47.5 Å². The standard InChI is InChI=1S/C11H17NO5/c1-6(13)12-7-8(16-10(12,2)3)17-11(7,4)9(14)15-5/h7-8H,1-5H3/t7-,8-,11-/m1/s1. The van der Waals surface area contributed by atoms with Crippen LogP contribution >= 0.6 is 0 Å². The molecule has 3 atom stereocenters. The van der Waals surface area contributed by atoms with Crippen LogP contribution in [0.15, 0.2) is 0 Å². The van der Waals surface area contributed by atoms with Crippen molar-refractivity contribution >= 4 is 11.9 Å². The fourth-order valence-electron chi connectivity index (χ4n) is 2.64. The molecule has 0 radical (unpaired) electrons. The Hall–Kier alpha value is -1.14. The van der Waals surface area contributed by atoms with Crippen molar-refractivity contribution in [2.75, 3.05) is 7.11 Å². The van der Waals surface area contributed by atoms with Gasteiger partial charge in [-0.1, -0.05) is 0 Å². The molecule has 17 heavy (non-hydrogen) atoms. The summed E-state index contributed by atoms with van der Waals surface area (Å²) in [6.07, 6.45) is -0.557. The van der Waals surface area contributed by atoms with Gasteiger partial charge in [0.1, 0.15) is 11.8 Å². The van der Waals surface area contributed by atoms with Crippen LogP contribution in [0.5, 0.6) is 0 Å². The molecule has 1 amide bonds. The highest BCUT2D eigenvalue weighted by atomic mass is 16.8. The summed E-state index contributed by atoms with van der Waals surface area (Å²) < 4.78 is 15.7. The Morgan fingerprint density at radius 2 is 1.82 bits per heavy atom. The minimum absolute atomic E-state index is 0.152. The summed E-state index contributed by atoms with van der Waals surface area (Å²) >= 11 is 0. The SMILES string of the molecule is COC(=O)[C@]1(C)O[C@H]2OC(C)(C)N(C(C)=O)[C@H]21. The highest BCUT2D eigenvalue weighted by Gasteiger charge is 2.69. The molecule has 6 heteroatoms. The van der Waals surface area contributed by atoms with Gasteiger partial charge >= 0.3 is 5.97 Å². The van der Waals surface area contributed by atoms with Crippen LogP contribution in [0.4, 0.5) is 0 Å². The maximum absolute atomic E-state index is 11.7. The molecule has 0 bridgehead atoms. The van der Waals surface area contributed by atoms with Gasteiger partial charge in [0.2, 0.25) is 5.91 Å². The van der Waals surface area contributed by atoms with Gasteiger partial charge in [0.25, 0.3) is 0 Å². The van der Waals surface area contributed by atoms with Crippen molar-refractivity contribution in [2.45, 2.75) is 51.4 Å². The number of ether oxygens (including phenoxy) is 3. The van der Waals surface area contributed by atoms with Crippen molar-refractivity contribution in [1.29, 1.82) is 0 Å². The van der Waals surface area contributed by atoms with E-state index in [0.717, 1.165) is 0 Å². The van der Waals surface area contributed by atoms with Crippen LogP contribution in [0.2, 0.25) is 0 Å². The van der Waals surface area contributed by atoms with Crippen LogP contribution in [0.3, 0.4) is 0 Å². The Morgan fingerprint density at radius 3 is 2.29 bits per heavy atom. The molecular formula is C11H17NO5. The Bertz CT molecular complexity index is 380. The number of rotatable bonds is 1. The largest absolute Gasteiger partial charge is 0.467 e. The third kappa shape index (κ3) is 1.47. The van der Waals surface area contributed by atoms with Gasteiger partial charge in [0.05, 0.1) is 7.11 Å². The van der Waals surface area contributed by atoms with Crippen molar-refractivity contribution < 1.29 is 23.8 Å². The monoisotopic (exact) mass is 243 g/mol. The predicted octanol–water partition coefficient (Wildman–Crippen LogP) is 0.258. The summed E-state index contributed by atoms with van der Waals surface area (Å²) in [5, 5.41) is 0. The summed E-state index contributed by atoms with van der Waals surface area (Å²) in [7, 11) is 1.29. The fourth-order valence-corrected chi connectivity index (χ4v) is 2.64. The normalized spacial score (nSPS) is 38.3. The van der Waals surface area contributed by atoms with E-state index in [9.17, 15) is 9.59 Å². The molecule has 0 N–H and O–H groups in total. The highest BCUT2D eigenvalue weighted by Crippen LogP contribution is 2.48. The summed E-state index contributed by atoms with van der Waals surface area (Å²) in [5.74, 6) is -0.646. The van der Waals surface area contributed by atoms with Gasteiger partial charge in [-0.05, 0) is 20.8 Å². The molecule has 0 aromatic rings. The van der Waals surface area contributed by atoms with E-state index in [-0.39, 0.29) is 5.91 Å². The van der Waals surface area contributed by atoms with Crippen LogP contribution in [0.1, 0.15) is 27.7 Å². The molecule has 2 aliphatic rings. The van der Waals surface area contributed by atoms with Crippen molar-refractivity contribution in [3.05, 3.63) is 0 Å². The third-order valence-electron chi connectivity index (χ3n) is 3.38. The van der Waals surface area contributed by atoms with Gasteiger partial charge in [-0.25, -0.2) is 4.79 Å². The minimum Gasteiger partial charge on any atom is -0.467 e. The van der Waals surface area contributed by atoms with Crippen molar-refractivity contribution in [3.8, 4) is 0 Å². The van der Waals surface area contributed by atoms with Crippen LogP contribution in [-0.2, 0) is 23.8 Å². The number of nitrogens with zero attached hydrogens (tertiary/aromatic N) is 1. The number of methoxy groups -OCH3 is 1. The Morgan fingerprint density at radius 1 is 1.24 bits per heavy atom. The number of hydrogen-bond acceptors (Lipinski definition) is 5. The highest BCUT2D eigenvalue weighted by molar-refractivity contribution is 5.84. The Balaban J connectivity index is 2.32. The summed E-state index contributed by atoms with van der Waals surface area (Å²) in [5.41, 5.74) is -1.91. The zero-order valence-electron chi connectivity index (χ0n) is 10.6. The van der Waals surface area contributed by atoms with E-state index in [4.69, 9.17) is 14.2 Å². The first-order valence-corrected chi connectivity index (χ1v) is 5.48. The lowest BCUT2D eigenvalue weighted by Gasteiger charge is -2.48. The molecule has 96 valence electrons. The number of fused-ring (bicyclic) bond motifs is 1. The summed E-state index contributed by atoms with van der Waals surface area (Å²) in [6.45, 7) is 6.60. The number of esters is 1. The molecule has 0 aromatic heterocycles. The first kappa shape index (κ1) is 12.3. The quantitative estimate of drug-likeness (QED) is 0.618. The van der Waals surface area contributed by atoms with Gasteiger partial charge < -0.3 is 19.1 Å². The topological polar surface area (TPSA) is 65.1 Å². The van der Waals surface area contributed by atoms with Crippen LogP contribution < -0.4 is 0 Å². The Labute approximate surface area is 99.8 Å². The lowest BCUT2D eigenvalue weighted by molar-refractivity contribution is -0.296. The second-order valence-corrected chi connectivity index (χ2v) is 4.98. The lowest BCUT2D eigenvalue weighted by Crippen LogP contribution is -2.70. The molecule has 2 fully saturated rings. The maximum atomic E-state index is 11.7. The van der Waals surface area contributed by atoms with Gasteiger partial charge in [0.15, 0.2) is 11.9 Å². The molecule has 2 aliphatic heterocycles. The molecule has 0 unspecified atom stereocenters. The van der Waals surface area contributed by atoms with E-state index in [0.29, 0.717) is 0 Å².